The van der Waals surface area contributed by atoms with E-state index in [2.05, 4.69) is 5.32 Å². The molecule has 0 bridgehead atoms. The highest BCUT2D eigenvalue weighted by Gasteiger charge is 2.07. The first-order valence-corrected chi connectivity index (χ1v) is 6.77. The van der Waals surface area contributed by atoms with E-state index in [1.165, 1.54) is 6.07 Å². The van der Waals surface area contributed by atoms with Crippen LogP contribution in [-0.2, 0) is 4.79 Å². The van der Waals surface area contributed by atoms with Gasteiger partial charge in [-0.05, 0) is 30.3 Å². The molecule has 104 valence electrons. The molecular formula is C14H12F2N2OS. The summed E-state index contributed by atoms with van der Waals surface area (Å²) in [4.78, 5) is 12.2. The zero-order chi connectivity index (χ0) is 14.5. The van der Waals surface area contributed by atoms with Crippen LogP contribution < -0.4 is 11.1 Å². The molecule has 2 aromatic rings. The first kappa shape index (κ1) is 14.3. The summed E-state index contributed by atoms with van der Waals surface area (Å²) in [7, 11) is 0. The number of carbonyl (C=O) groups excluding carboxylic acids is 1. The zero-order valence-corrected chi connectivity index (χ0v) is 11.2. The predicted molar refractivity (Wildman–Crippen MR) is 76.6 cm³/mol. The lowest BCUT2D eigenvalue weighted by molar-refractivity contribution is -0.113. The molecule has 0 aliphatic heterocycles. The molecule has 2 aromatic carbocycles. The molecule has 3 nitrogen and oxygen atoms in total. The third-order valence-electron chi connectivity index (χ3n) is 2.50. The summed E-state index contributed by atoms with van der Waals surface area (Å²) in [5.41, 5.74) is 6.70. The van der Waals surface area contributed by atoms with Crippen molar-refractivity contribution in [1.82, 2.24) is 0 Å². The Morgan fingerprint density at radius 3 is 2.60 bits per heavy atom. The molecule has 0 radical (unpaired) electrons. The van der Waals surface area contributed by atoms with Gasteiger partial charge in [0.2, 0.25) is 5.91 Å². The summed E-state index contributed by atoms with van der Waals surface area (Å²) < 4.78 is 25.8. The predicted octanol–water partition coefficient (Wildman–Crippen LogP) is 3.28. The van der Waals surface area contributed by atoms with Crippen LogP contribution in [0.5, 0.6) is 0 Å². The van der Waals surface area contributed by atoms with Crippen LogP contribution in [0.2, 0.25) is 0 Å². The van der Waals surface area contributed by atoms with E-state index in [4.69, 9.17) is 5.73 Å². The number of halogens is 2. The topological polar surface area (TPSA) is 55.1 Å². The number of benzene rings is 2. The maximum Gasteiger partial charge on any atom is 0.234 e. The highest BCUT2D eigenvalue weighted by molar-refractivity contribution is 8.00. The Bertz CT molecular complexity index is 634. The first-order chi connectivity index (χ1) is 9.56. The smallest absolute Gasteiger partial charge is 0.234 e. The number of para-hydroxylation sites is 2. The third kappa shape index (κ3) is 3.71. The van der Waals surface area contributed by atoms with Crippen molar-refractivity contribution in [2.75, 3.05) is 16.8 Å². The number of amides is 1. The number of hydrogen-bond donors (Lipinski definition) is 2. The average molecular weight is 294 g/mol. The minimum atomic E-state index is -0.928. The standard InChI is InChI=1S/C14H12F2N2OS/c15-10-6-5-9(7-11(10)16)20-8-14(19)18-13-4-2-1-3-12(13)17/h1-7H,8,17H2,(H,18,19). The van der Waals surface area contributed by atoms with Crippen molar-refractivity contribution < 1.29 is 13.6 Å². The summed E-state index contributed by atoms with van der Waals surface area (Å²) in [6.45, 7) is 0. The fraction of sp³-hybridized carbons (Fsp3) is 0.0714. The second-order valence-corrected chi connectivity index (χ2v) is 5.05. The van der Waals surface area contributed by atoms with E-state index in [9.17, 15) is 13.6 Å². The van der Waals surface area contributed by atoms with E-state index in [1.54, 1.807) is 24.3 Å². The van der Waals surface area contributed by atoms with Gasteiger partial charge in [-0.2, -0.15) is 0 Å². The number of rotatable bonds is 4. The van der Waals surface area contributed by atoms with Gasteiger partial charge >= 0.3 is 0 Å². The van der Waals surface area contributed by atoms with Crippen molar-refractivity contribution in [3.63, 3.8) is 0 Å². The van der Waals surface area contributed by atoms with E-state index >= 15 is 0 Å². The number of anilines is 2. The van der Waals surface area contributed by atoms with E-state index < -0.39 is 11.6 Å². The van der Waals surface area contributed by atoms with E-state index in [1.807, 2.05) is 0 Å². The fourth-order valence-electron chi connectivity index (χ4n) is 1.51. The highest BCUT2D eigenvalue weighted by Crippen LogP contribution is 2.21. The molecule has 0 unspecified atom stereocenters. The normalized spacial score (nSPS) is 10.3. The van der Waals surface area contributed by atoms with Crippen LogP contribution in [0.1, 0.15) is 0 Å². The molecule has 6 heteroatoms. The summed E-state index contributed by atoms with van der Waals surface area (Å²) in [6, 6.07) is 10.4. The zero-order valence-electron chi connectivity index (χ0n) is 10.4. The number of hydrogen-bond acceptors (Lipinski definition) is 3. The lowest BCUT2D eigenvalue weighted by atomic mass is 10.3. The van der Waals surface area contributed by atoms with Crippen LogP contribution in [0.25, 0.3) is 0 Å². The molecule has 0 aliphatic rings. The number of thioether (sulfide) groups is 1. The van der Waals surface area contributed by atoms with Gasteiger partial charge in [-0.1, -0.05) is 12.1 Å². The van der Waals surface area contributed by atoms with Gasteiger partial charge in [0, 0.05) is 4.90 Å². The molecule has 20 heavy (non-hydrogen) atoms. The molecule has 0 aromatic heterocycles. The van der Waals surface area contributed by atoms with Gasteiger partial charge in [0.15, 0.2) is 11.6 Å². The molecular weight excluding hydrogens is 282 g/mol. The number of nitrogens with two attached hydrogens (primary N) is 1. The van der Waals surface area contributed by atoms with Gasteiger partial charge in [-0.25, -0.2) is 8.78 Å². The maximum atomic E-state index is 13.0. The largest absolute Gasteiger partial charge is 0.397 e. The second kappa shape index (κ2) is 6.38. The molecule has 0 fully saturated rings. The van der Waals surface area contributed by atoms with Crippen molar-refractivity contribution in [1.29, 1.82) is 0 Å². The minimum absolute atomic E-state index is 0.0827. The van der Waals surface area contributed by atoms with Crippen LogP contribution in [-0.4, -0.2) is 11.7 Å². The summed E-state index contributed by atoms with van der Waals surface area (Å²) in [5.74, 6) is -2.02. The molecule has 0 heterocycles. The SMILES string of the molecule is Nc1ccccc1NC(=O)CSc1ccc(F)c(F)c1. The van der Waals surface area contributed by atoms with Crippen LogP contribution >= 0.6 is 11.8 Å². The summed E-state index contributed by atoms with van der Waals surface area (Å²) >= 11 is 1.12. The van der Waals surface area contributed by atoms with Gasteiger partial charge < -0.3 is 11.1 Å². The quantitative estimate of drug-likeness (QED) is 0.672. The Kier molecular flexibility index (Phi) is 4.57. The lowest BCUT2D eigenvalue weighted by Gasteiger charge is -2.07. The van der Waals surface area contributed by atoms with Gasteiger partial charge in [0.05, 0.1) is 17.1 Å². The molecule has 0 spiro atoms. The first-order valence-electron chi connectivity index (χ1n) is 5.78. The van der Waals surface area contributed by atoms with Crippen LogP contribution in [0.4, 0.5) is 20.2 Å². The summed E-state index contributed by atoms with van der Waals surface area (Å²) in [5, 5.41) is 2.65. The van der Waals surface area contributed by atoms with Crippen LogP contribution in [0.3, 0.4) is 0 Å². The van der Waals surface area contributed by atoms with Crippen molar-refractivity contribution in [3.8, 4) is 0 Å². The van der Waals surface area contributed by atoms with Gasteiger partial charge in [0.25, 0.3) is 0 Å². The van der Waals surface area contributed by atoms with E-state index in [-0.39, 0.29) is 11.7 Å². The second-order valence-electron chi connectivity index (χ2n) is 4.00. The molecule has 0 saturated heterocycles. The molecule has 0 aliphatic carbocycles. The van der Waals surface area contributed by atoms with Crippen molar-refractivity contribution in [2.24, 2.45) is 0 Å². The number of nitrogens with one attached hydrogen (secondary N) is 1. The molecule has 3 N–H and O–H groups in total. The maximum absolute atomic E-state index is 13.0. The number of nitrogen functional groups attached to an aromatic ring is 1. The summed E-state index contributed by atoms with van der Waals surface area (Å²) in [6.07, 6.45) is 0. The Balaban J connectivity index is 1.92. The highest BCUT2D eigenvalue weighted by atomic mass is 32.2. The average Bonchev–Trinajstić information content (AvgIpc) is 2.43. The molecule has 2 rings (SSSR count). The van der Waals surface area contributed by atoms with Crippen LogP contribution in [0, 0.1) is 11.6 Å². The van der Waals surface area contributed by atoms with Gasteiger partial charge in [0.1, 0.15) is 0 Å². The monoisotopic (exact) mass is 294 g/mol. The third-order valence-corrected chi connectivity index (χ3v) is 3.49. The lowest BCUT2D eigenvalue weighted by Crippen LogP contribution is -2.15. The Hall–Kier alpha value is -2.08. The Morgan fingerprint density at radius 1 is 1.15 bits per heavy atom. The molecule has 1 amide bonds. The van der Waals surface area contributed by atoms with Gasteiger partial charge in [-0.15, -0.1) is 11.8 Å². The van der Waals surface area contributed by atoms with Crippen molar-refractivity contribution >= 4 is 29.0 Å². The van der Waals surface area contributed by atoms with E-state index in [0.29, 0.717) is 16.3 Å². The molecule has 0 atom stereocenters. The number of carbonyl (C=O) groups is 1. The van der Waals surface area contributed by atoms with Crippen molar-refractivity contribution in [3.05, 3.63) is 54.1 Å². The van der Waals surface area contributed by atoms with Gasteiger partial charge in [-0.3, -0.25) is 4.79 Å². The van der Waals surface area contributed by atoms with Crippen molar-refractivity contribution in [2.45, 2.75) is 4.90 Å². The molecule has 0 saturated carbocycles. The fourth-order valence-corrected chi connectivity index (χ4v) is 2.23. The van der Waals surface area contributed by atoms with Crippen LogP contribution in [0.15, 0.2) is 47.4 Å². The Labute approximate surface area is 119 Å². The Morgan fingerprint density at radius 2 is 1.90 bits per heavy atom. The minimum Gasteiger partial charge on any atom is -0.397 e. The van der Waals surface area contributed by atoms with E-state index in [0.717, 1.165) is 23.9 Å².